The molecule has 2 aromatic heterocycles. The van der Waals surface area contributed by atoms with Gasteiger partial charge in [-0.05, 0) is 88.7 Å². The summed E-state index contributed by atoms with van der Waals surface area (Å²) in [7, 11) is 0. The highest BCUT2D eigenvalue weighted by Crippen LogP contribution is 2.45. The van der Waals surface area contributed by atoms with Gasteiger partial charge in [0.1, 0.15) is 0 Å². The highest BCUT2D eigenvalue weighted by Gasteiger charge is 2.26. The van der Waals surface area contributed by atoms with Crippen LogP contribution in [0.3, 0.4) is 0 Å². The summed E-state index contributed by atoms with van der Waals surface area (Å²) in [5.74, 6) is 0.970. The van der Waals surface area contributed by atoms with E-state index in [-0.39, 0.29) is 5.92 Å². The number of hydrogen-bond acceptors (Lipinski definition) is 2. The van der Waals surface area contributed by atoms with E-state index >= 15 is 0 Å². The van der Waals surface area contributed by atoms with Gasteiger partial charge in [0.15, 0.2) is 5.82 Å². The van der Waals surface area contributed by atoms with E-state index in [0.717, 1.165) is 53.3 Å². The number of hydrogen-bond donors (Lipinski definition) is 0. The molecule has 0 radical (unpaired) electrons. The third kappa shape index (κ3) is 5.13. The van der Waals surface area contributed by atoms with E-state index in [9.17, 15) is 0 Å². The number of aryl methyl sites for hydroxylation is 1. The zero-order valence-corrected chi connectivity index (χ0v) is 28.2. The maximum absolute atomic E-state index is 5.19. The zero-order chi connectivity index (χ0) is 33.7. The summed E-state index contributed by atoms with van der Waals surface area (Å²) >= 11 is 0. The van der Waals surface area contributed by atoms with Gasteiger partial charge < -0.3 is 4.57 Å². The molecule has 0 bridgehead atoms. The summed E-state index contributed by atoms with van der Waals surface area (Å²) in [4.78, 5) is 10.4. The van der Waals surface area contributed by atoms with E-state index in [4.69, 9.17) is 9.97 Å². The summed E-state index contributed by atoms with van der Waals surface area (Å²) in [6, 6.07) is 52.6. The lowest BCUT2D eigenvalue weighted by Crippen LogP contribution is -2.08. The molecule has 1 atom stereocenters. The number of fused-ring (bicyclic) bond motifs is 7. The van der Waals surface area contributed by atoms with Crippen LogP contribution in [-0.2, 0) is 12.8 Å². The van der Waals surface area contributed by atoms with Crippen molar-refractivity contribution in [2.45, 2.75) is 25.2 Å². The van der Waals surface area contributed by atoms with Crippen LogP contribution in [-0.4, -0.2) is 14.5 Å². The van der Waals surface area contributed by atoms with Crippen molar-refractivity contribution < 1.29 is 0 Å². The quantitative estimate of drug-likeness (QED) is 0.185. The van der Waals surface area contributed by atoms with Gasteiger partial charge in [0.2, 0.25) is 0 Å². The first-order valence-electron chi connectivity index (χ1n) is 17.9. The normalized spacial score (nSPS) is 14.9. The largest absolute Gasteiger partial charge is 0.313 e. The number of benzene rings is 6. The zero-order valence-electron chi connectivity index (χ0n) is 28.2. The number of rotatable bonds is 5. The number of aromatic nitrogens is 3. The van der Waals surface area contributed by atoms with E-state index < -0.39 is 0 Å². The molecule has 2 aliphatic carbocycles. The highest BCUT2D eigenvalue weighted by molar-refractivity contribution is 6.16. The second kappa shape index (κ2) is 12.2. The fourth-order valence-corrected chi connectivity index (χ4v) is 8.12. The monoisotopic (exact) mass is 653 g/mol. The molecule has 3 heteroatoms. The van der Waals surface area contributed by atoms with E-state index in [0.29, 0.717) is 0 Å². The average Bonchev–Trinajstić information content (AvgIpc) is 3.57. The summed E-state index contributed by atoms with van der Waals surface area (Å²) in [5.41, 5.74) is 14.4. The summed E-state index contributed by atoms with van der Waals surface area (Å²) in [6.07, 6.45) is 11.7. The van der Waals surface area contributed by atoms with Crippen LogP contribution in [0.4, 0.5) is 0 Å². The van der Waals surface area contributed by atoms with Crippen LogP contribution in [0.2, 0.25) is 0 Å². The maximum Gasteiger partial charge on any atom is 0.160 e. The minimum atomic E-state index is 0.217. The molecule has 10 rings (SSSR count). The van der Waals surface area contributed by atoms with Crippen LogP contribution in [0.25, 0.3) is 72.3 Å². The molecule has 1 unspecified atom stereocenters. The van der Waals surface area contributed by atoms with Gasteiger partial charge in [-0.3, -0.25) is 0 Å². The van der Waals surface area contributed by atoms with Crippen molar-refractivity contribution >= 4 is 21.7 Å². The van der Waals surface area contributed by atoms with Crippen LogP contribution < -0.4 is 0 Å². The Labute approximate surface area is 297 Å². The van der Waals surface area contributed by atoms with Gasteiger partial charge in [0.05, 0.1) is 16.9 Å². The fraction of sp³-hybridized carbons (Fsp3) is 0.0833. The first kappa shape index (κ1) is 29.6. The third-order valence-corrected chi connectivity index (χ3v) is 10.7. The molecule has 2 heterocycles. The van der Waals surface area contributed by atoms with Crippen molar-refractivity contribution in [2.75, 3.05) is 0 Å². The Bertz CT molecular complexity index is 2640. The lowest BCUT2D eigenvalue weighted by Gasteiger charge is -2.20. The SMILES string of the molecule is C1=CCC(c2cc(-c3ccc(-c4ccccc4)cc3)nc(-c3ccc(-n4c5c(c6c7ccccc7ccc64)-c4ccccc4CC5)cc3)n2)C=C1. The molecule has 0 aliphatic heterocycles. The van der Waals surface area contributed by atoms with Crippen molar-refractivity contribution in [1.29, 1.82) is 0 Å². The number of allylic oxidation sites excluding steroid dienone is 4. The van der Waals surface area contributed by atoms with E-state index in [2.05, 4.69) is 174 Å². The van der Waals surface area contributed by atoms with Gasteiger partial charge >= 0.3 is 0 Å². The first-order valence-corrected chi connectivity index (χ1v) is 17.9. The molecule has 51 heavy (non-hydrogen) atoms. The summed E-state index contributed by atoms with van der Waals surface area (Å²) in [6.45, 7) is 0. The molecular weight excluding hydrogens is 619 g/mol. The van der Waals surface area contributed by atoms with Crippen molar-refractivity contribution in [3.05, 3.63) is 187 Å². The van der Waals surface area contributed by atoms with Gasteiger partial charge in [-0.15, -0.1) is 0 Å². The molecule has 0 amide bonds. The van der Waals surface area contributed by atoms with E-state index in [1.54, 1.807) is 0 Å². The maximum atomic E-state index is 5.19. The van der Waals surface area contributed by atoms with Crippen molar-refractivity contribution in [3.8, 4) is 50.6 Å². The summed E-state index contributed by atoms with van der Waals surface area (Å²) in [5, 5.41) is 3.92. The summed E-state index contributed by atoms with van der Waals surface area (Å²) < 4.78 is 2.49. The first-order chi connectivity index (χ1) is 25.3. The smallest absolute Gasteiger partial charge is 0.160 e. The molecular formula is C48H35N3. The Hall–Kier alpha value is -6.32. The van der Waals surface area contributed by atoms with Gasteiger partial charge in [0.25, 0.3) is 0 Å². The van der Waals surface area contributed by atoms with Crippen LogP contribution in [0.5, 0.6) is 0 Å². The highest BCUT2D eigenvalue weighted by atomic mass is 15.0. The second-order valence-corrected chi connectivity index (χ2v) is 13.6. The van der Waals surface area contributed by atoms with Crippen LogP contribution in [0.15, 0.2) is 170 Å². The predicted molar refractivity (Wildman–Crippen MR) is 211 cm³/mol. The van der Waals surface area contributed by atoms with Crippen molar-refractivity contribution in [1.82, 2.24) is 14.5 Å². The van der Waals surface area contributed by atoms with Gasteiger partial charge in [-0.2, -0.15) is 0 Å². The van der Waals surface area contributed by atoms with Crippen LogP contribution in [0.1, 0.15) is 29.3 Å². The standard InChI is InChI=1S/C48H35N3/c1-3-11-32(12-4-1)33-19-21-37(22-20-33)43-31-42(36-15-5-2-6-16-36)49-48(50-43)38-23-27-39(28-24-38)51-44-29-25-34-13-7-9-17-40(34)46(44)47-41-18-10-8-14-35(41)26-30-45(47)51/h1-15,17-25,27-29,31,36H,16,26,30H2. The van der Waals surface area contributed by atoms with Crippen LogP contribution in [0, 0.1) is 0 Å². The fourth-order valence-electron chi connectivity index (χ4n) is 8.12. The predicted octanol–water partition coefficient (Wildman–Crippen LogP) is 11.9. The molecule has 0 saturated heterocycles. The third-order valence-electron chi connectivity index (χ3n) is 10.7. The van der Waals surface area contributed by atoms with Crippen molar-refractivity contribution in [2.24, 2.45) is 0 Å². The average molecular weight is 654 g/mol. The molecule has 8 aromatic rings. The molecule has 0 fully saturated rings. The minimum Gasteiger partial charge on any atom is -0.313 e. The molecule has 3 nitrogen and oxygen atoms in total. The van der Waals surface area contributed by atoms with Crippen LogP contribution >= 0.6 is 0 Å². The van der Waals surface area contributed by atoms with Gasteiger partial charge in [-0.1, -0.05) is 133 Å². The molecule has 242 valence electrons. The molecule has 0 N–H and O–H groups in total. The Morgan fingerprint density at radius 1 is 0.588 bits per heavy atom. The molecule has 0 spiro atoms. The molecule has 6 aromatic carbocycles. The molecule has 2 aliphatic rings. The van der Waals surface area contributed by atoms with E-state index in [1.165, 1.54) is 55.2 Å². The van der Waals surface area contributed by atoms with Gasteiger partial charge in [0, 0.05) is 39.4 Å². The lowest BCUT2D eigenvalue weighted by atomic mass is 9.87. The Kier molecular flexibility index (Phi) is 7.09. The van der Waals surface area contributed by atoms with Gasteiger partial charge in [-0.25, -0.2) is 9.97 Å². The Morgan fingerprint density at radius 2 is 1.33 bits per heavy atom. The molecule has 0 saturated carbocycles. The Morgan fingerprint density at radius 3 is 2.18 bits per heavy atom. The Balaban J connectivity index is 1.09. The van der Waals surface area contributed by atoms with Crippen molar-refractivity contribution in [3.63, 3.8) is 0 Å². The lowest BCUT2D eigenvalue weighted by molar-refractivity contribution is 0.811. The van der Waals surface area contributed by atoms with E-state index in [1.807, 2.05) is 0 Å². The topological polar surface area (TPSA) is 30.7 Å². The minimum absolute atomic E-state index is 0.217. The number of nitrogens with zero attached hydrogens (tertiary/aromatic N) is 3. The second-order valence-electron chi connectivity index (χ2n) is 13.6.